The van der Waals surface area contributed by atoms with Gasteiger partial charge in [0, 0.05) is 19.6 Å². The lowest BCUT2D eigenvalue weighted by atomic mass is 10.1. The zero-order chi connectivity index (χ0) is 11.7. The minimum Gasteiger partial charge on any atom is -0.382 e. The number of aliphatic hydroxyl groups excluding tert-OH is 1. The summed E-state index contributed by atoms with van der Waals surface area (Å²) in [4.78, 5) is 1.57. The molecule has 0 amide bonds. The van der Waals surface area contributed by atoms with Gasteiger partial charge in [-0.1, -0.05) is 0 Å². The highest BCUT2D eigenvalue weighted by molar-refractivity contribution is 4.81. The third kappa shape index (κ3) is 3.96. The van der Waals surface area contributed by atoms with Crippen molar-refractivity contribution in [1.82, 2.24) is 4.90 Å². The van der Waals surface area contributed by atoms with Crippen molar-refractivity contribution in [2.75, 3.05) is 26.2 Å². The molecule has 0 aromatic carbocycles. The van der Waals surface area contributed by atoms with Crippen LogP contribution in [0.15, 0.2) is 0 Å². The van der Waals surface area contributed by atoms with Gasteiger partial charge in [0.2, 0.25) is 0 Å². The van der Waals surface area contributed by atoms with Crippen LogP contribution in [0.3, 0.4) is 0 Å². The first-order valence-electron chi connectivity index (χ1n) is 4.82. The number of alkyl halides is 3. The van der Waals surface area contributed by atoms with Gasteiger partial charge in [0.25, 0.3) is 0 Å². The summed E-state index contributed by atoms with van der Waals surface area (Å²) in [6.45, 7) is 4.49. The second-order valence-electron chi connectivity index (χ2n) is 4.40. The zero-order valence-electron chi connectivity index (χ0n) is 8.84. The topological polar surface area (TPSA) is 32.7 Å². The molecule has 0 aromatic heterocycles. The average molecular weight is 227 g/mol. The van der Waals surface area contributed by atoms with Crippen LogP contribution in [0.2, 0.25) is 0 Å². The standard InChI is InChI=1S/C9H16F3NO2/c1-8(2)6-13(3-4-15-8)5-7(14)9(10,11)12/h7,14H,3-6H2,1-2H3. The van der Waals surface area contributed by atoms with Crippen LogP contribution in [0.4, 0.5) is 13.2 Å². The molecule has 1 atom stereocenters. The SMILES string of the molecule is CC1(C)CN(CC(O)C(F)(F)F)CCO1. The third-order valence-electron chi connectivity index (χ3n) is 2.31. The highest BCUT2D eigenvalue weighted by Crippen LogP contribution is 2.23. The summed E-state index contributed by atoms with van der Waals surface area (Å²) in [7, 11) is 0. The molecule has 0 spiro atoms. The zero-order valence-corrected chi connectivity index (χ0v) is 8.84. The molecule has 0 saturated carbocycles. The van der Waals surface area contributed by atoms with Crippen LogP contribution >= 0.6 is 0 Å². The monoisotopic (exact) mass is 227 g/mol. The van der Waals surface area contributed by atoms with Gasteiger partial charge in [-0.05, 0) is 13.8 Å². The van der Waals surface area contributed by atoms with Crippen LogP contribution in [-0.4, -0.2) is 54.1 Å². The fourth-order valence-corrected chi connectivity index (χ4v) is 1.62. The Hall–Kier alpha value is -0.330. The first-order valence-corrected chi connectivity index (χ1v) is 4.82. The highest BCUT2D eigenvalue weighted by atomic mass is 19.4. The molecule has 0 aromatic rings. The maximum atomic E-state index is 12.1. The Morgan fingerprint density at radius 3 is 2.53 bits per heavy atom. The van der Waals surface area contributed by atoms with Crippen molar-refractivity contribution < 1.29 is 23.0 Å². The fraction of sp³-hybridized carbons (Fsp3) is 1.00. The fourth-order valence-electron chi connectivity index (χ4n) is 1.62. The van der Waals surface area contributed by atoms with Gasteiger partial charge < -0.3 is 9.84 Å². The van der Waals surface area contributed by atoms with Gasteiger partial charge in [0.1, 0.15) is 0 Å². The van der Waals surface area contributed by atoms with Crippen LogP contribution in [-0.2, 0) is 4.74 Å². The Bertz CT molecular complexity index is 218. The normalized spacial score (nSPS) is 25.2. The lowest BCUT2D eigenvalue weighted by Crippen LogP contribution is -2.52. The molecule has 6 heteroatoms. The minimum absolute atomic E-state index is 0.379. The number of β-amino-alcohol motifs (C(OH)–C–C–N with tert-alkyl or cyclic N) is 1. The Balaban J connectivity index is 2.45. The van der Waals surface area contributed by atoms with Crippen molar-refractivity contribution in [3.63, 3.8) is 0 Å². The summed E-state index contributed by atoms with van der Waals surface area (Å²) in [6.07, 6.45) is -6.81. The van der Waals surface area contributed by atoms with Gasteiger partial charge in [0.15, 0.2) is 6.10 Å². The summed E-state index contributed by atoms with van der Waals surface area (Å²) in [5.41, 5.74) is -0.441. The van der Waals surface area contributed by atoms with Crippen molar-refractivity contribution in [1.29, 1.82) is 0 Å². The highest BCUT2D eigenvalue weighted by Gasteiger charge is 2.40. The molecule has 1 aliphatic heterocycles. The number of hydrogen-bond acceptors (Lipinski definition) is 3. The second kappa shape index (κ2) is 4.27. The molecule has 1 heterocycles. The molecular formula is C9H16F3NO2. The molecule has 1 rings (SSSR count). The molecule has 1 fully saturated rings. The van der Waals surface area contributed by atoms with Crippen molar-refractivity contribution >= 4 is 0 Å². The van der Waals surface area contributed by atoms with Gasteiger partial charge >= 0.3 is 6.18 Å². The molecule has 0 aliphatic carbocycles. The van der Waals surface area contributed by atoms with Gasteiger partial charge in [-0.2, -0.15) is 13.2 Å². The van der Waals surface area contributed by atoms with Gasteiger partial charge in [-0.3, -0.25) is 4.90 Å². The van der Waals surface area contributed by atoms with E-state index in [4.69, 9.17) is 9.84 Å². The number of hydrogen-bond donors (Lipinski definition) is 1. The van der Waals surface area contributed by atoms with E-state index in [1.165, 1.54) is 0 Å². The minimum atomic E-state index is -4.54. The van der Waals surface area contributed by atoms with Crippen LogP contribution in [0.1, 0.15) is 13.8 Å². The number of rotatable bonds is 2. The summed E-state index contributed by atoms with van der Waals surface area (Å²) in [6, 6.07) is 0. The maximum Gasteiger partial charge on any atom is 0.415 e. The number of nitrogens with zero attached hydrogens (tertiary/aromatic N) is 1. The summed E-state index contributed by atoms with van der Waals surface area (Å²) >= 11 is 0. The van der Waals surface area contributed by atoms with E-state index in [9.17, 15) is 13.2 Å². The van der Waals surface area contributed by atoms with E-state index >= 15 is 0 Å². The maximum absolute atomic E-state index is 12.1. The first-order chi connectivity index (χ1) is 6.71. The molecule has 0 bridgehead atoms. The van der Waals surface area contributed by atoms with Gasteiger partial charge in [-0.25, -0.2) is 0 Å². The number of halogens is 3. The lowest BCUT2D eigenvalue weighted by Gasteiger charge is -2.39. The predicted molar refractivity (Wildman–Crippen MR) is 48.5 cm³/mol. The Labute approximate surface area is 86.8 Å². The molecule has 1 N–H and O–H groups in total. The van der Waals surface area contributed by atoms with Gasteiger partial charge in [-0.15, -0.1) is 0 Å². The van der Waals surface area contributed by atoms with Crippen molar-refractivity contribution in [2.45, 2.75) is 31.7 Å². The summed E-state index contributed by atoms with van der Waals surface area (Å²) < 4.78 is 41.6. The number of aliphatic hydroxyl groups is 1. The van der Waals surface area contributed by atoms with Crippen molar-refractivity contribution in [3.05, 3.63) is 0 Å². The molecule has 0 radical (unpaired) electrons. The van der Waals surface area contributed by atoms with Gasteiger partial charge in [0.05, 0.1) is 12.2 Å². The Morgan fingerprint density at radius 2 is 2.07 bits per heavy atom. The van der Waals surface area contributed by atoms with Crippen LogP contribution in [0, 0.1) is 0 Å². The molecule has 1 unspecified atom stereocenters. The van der Waals surface area contributed by atoms with E-state index in [2.05, 4.69) is 0 Å². The van der Waals surface area contributed by atoms with Crippen molar-refractivity contribution in [3.8, 4) is 0 Å². The van der Waals surface area contributed by atoms with E-state index < -0.39 is 17.9 Å². The third-order valence-corrected chi connectivity index (χ3v) is 2.31. The summed E-state index contributed by atoms with van der Waals surface area (Å²) in [5, 5.41) is 8.90. The molecule has 3 nitrogen and oxygen atoms in total. The Morgan fingerprint density at radius 1 is 1.47 bits per heavy atom. The first kappa shape index (κ1) is 12.7. The van der Waals surface area contributed by atoms with Crippen LogP contribution in [0.25, 0.3) is 0 Å². The van der Waals surface area contributed by atoms with Crippen molar-refractivity contribution in [2.24, 2.45) is 0 Å². The van der Waals surface area contributed by atoms with E-state index in [1.54, 1.807) is 4.90 Å². The van der Waals surface area contributed by atoms with E-state index in [0.717, 1.165) is 0 Å². The smallest absolute Gasteiger partial charge is 0.382 e. The summed E-state index contributed by atoms with van der Waals surface area (Å²) in [5.74, 6) is 0. The second-order valence-corrected chi connectivity index (χ2v) is 4.40. The largest absolute Gasteiger partial charge is 0.415 e. The molecular weight excluding hydrogens is 211 g/mol. The molecule has 1 aliphatic rings. The molecule has 90 valence electrons. The number of morpholine rings is 1. The molecule has 1 saturated heterocycles. The van der Waals surface area contributed by atoms with Crippen LogP contribution in [0.5, 0.6) is 0 Å². The van der Waals surface area contributed by atoms with E-state index in [-0.39, 0.29) is 6.54 Å². The van der Waals surface area contributed by atoms with Crippen LogP contribution < -0.4 is 0 Å². The molecule has 15 heavy (non-hydrogen) atoms. The quantitative estimate of drug-likeness (QED) is 0.764. The van der Waals surface area contributed by atoms with E-state index in [0.29, 0.717) is 19.7 Å². The Kier molecular flexibility index (Phi) is 3.63. The average Bonchev–Trinajstić information content (AvgIpc) is 2.00. The number of ether oxygens (including phenoxy) is 1. The lowest BCUT2D eigenvalue weighted by molar-refractivity contribution is -0.213. The predicted octanol–water partition coefficient (Wildman–Crippen LogP) is 1.02. The van der Waals surface area contributed by atoms with E-state index in [1.807, 2.05) is 13.8 Å².